The Morgan fingerprint density at radius 3 is 3.00 bits per heavy atom. The number of fused-ring (bicyclic) bond motifs is 1. The average molecular weight is 246 g/mol. The quantitative estimate of drug-likeness (QED) is 0.277. The summed E-state index contributed by atoms with van der Waals surface area (Å²) >= 11 is 0. The van der Waals surface area contributed by atoms with Gasteiger partial charge in [0.1, 0.15) is 18.0 Å². The SMILES string of the molecule is C=CCOCc1oc2ccccc2c1C(=O)NN. The van der Waals surface area contributed by atoms with Crippen LogP contribution in [-0.4, -0.2) is 12.5 Å². The van der Waals surface area contributed by atoms with Crippen LogP contribution in [0, 0.1) is 0 Å². The smallest absolute Gasteiger partial charge is 0.269 e. The topological polar surface area (TPSA) is 77.5 Å². The van der Waals surface area contributed by atoms with Crippen molar-refractivity contribution >= 4 is 16.9 Å². The maximum Gasteiger partial charge on any atom is 0.269 e. The number of hydrazine groups is 1. The summed E-state index contributed by atoms with van der Waals surface area (Å²) < 4.78 is 10.9. The molecule has 2 aromatic rings. The lowest BCUT2D eigenvalue weighted by Crippen LogP contribution is -2.30. The normalized spacial score (nSPS) is 10.5. The van der Waals surface area contributed by atoms with E-state index in [1.54, 1.807) is 18.2 Å². The highest BCUT2D eigenvalue weighted by Gasteiger charge is 2.19. The predicted molar refractivity (Wildman–Crippen MR) is 67.7 cm³/mol. The number of nitrogen functional groups attached to an aromatic ring is 1. The number of nitrogens with one attached hydrogen (secondary N) is 1. The summed E-state index contributed by atoms with van der Waals surface area (Å²) in [5, 5.41) is 0.720. The molecule has 5 nitrogen and oxygen atoms in total. The van der Waals surface area contributed by atoms with Crippen LogP contribution in [0.3, 0.4) is 0 Å². The van der Waals surface area contributed by atoms with Gasteiger partial charge in [0.15, 0.2) is 0 Å². The van der Waals surface area contributed by atoms with Crippen molar-refractivity contribution in [3.63, 3.8) is 0 Å². The van der Waals surface area contributed by atoms with Crippen LogP contribution in [-0.2, 0) is 11.3 Å². The van der Waals surface area contributed by atoms with Gasteiger partial charge in [0, 0.05) is 5.39 Å². The molecular weight excluding hydrogens is 232 g/mol. The Morgan fingerprint density at radius 1 is 1.50 bits per heavy atom. The number of carbonyl (C=O) groups excluding carboxylic acids is 1. The van der Waals surface area contributed by atoms with Crippen LogP contribution in [0.1, 0.15) is 16.1 Å². The van der Waals surface area contributed by atoms with Crippen molar-refractivity contribution in [3.8, 4) is 0 Å². The summed E-state index contributed by atoms with van der Waals surface area (Å²) in [4.78, 5) is 11.8. The monoisotopic (exact) mass is 246 g/mol. The van der Waals surface area contributed by atoms with Gasteiger partial charge in [0.05, 0.1) is 12.2 Å². The molecule has 0 radical (unpaired) electrons. The zero-order valence-electron chi connectivity index (χ0n) is 9.81. The summed E-state index contributed by atoms with van der Waals surface area (Å²) in [6, 6.07) is 7.27. The summed E-state index contributed by atoms with van der Waals surface area (Å²) in [6.07, 6.45) is 1.63. The lowest BCUT2D eigenvalue weighted by molar-refractivity contribution is 0.0940. The molecule has 2 rings (SSSR count). The molecule has 1 heterocycles. The zero-order valence-corrected chi connectivity index (χ0v) is 9.81. The Labute approximate surface area is 104 Å². The second-order valence-electron chi connectivity index (χ2n) is 3.67. The minimum Gasteiger partial charge on any atom is -0.458 e. The van der Waals surface area contributed by atoms with E-state index in [0.717, 1.165) is 5.39 Å². The number of hydrogen-bond acceptors (Lipinski definition) is 4. The van der Waals surface area contributed by atoms with Crippen molar-refractivity contribution in [2.75, 3.05) is 6.61 Å². The molecule has 0 unspecified atom stereocenters. The first-order valence-electron chi connectivity index (χ1n) is 5.48. The molecule has 94 valence electrons. The highest BCUT2D eigenvalue weighted by Crippen LogP contribution is 2.26. The maximum absolute atomic E-state index is 11.8. The Balaban J connectivity index is 2.43. The Kier molecular flexibility index (Phi) is 3.76. The van der Waals surface area contributed by atoms with Crippen LogP contribution in [0.15, 0.2) is 41.3 Å². The van der Waals surface area contributed by atoms with Gasteiger partial charge in [0.2, 0.25) is 0 Å². The van der Waals surface area contributed by atoms with Crippen LogP contribution in [0.5, 0.6) is 0 Å². The first kappa shape index (κ1) is 12.3. The molecule has 0 aliphatic rings. The fourth-order valence-corrected chi connectivity index (χ4v) is 1.75. The van der Waals surface area contributed by atoms with Gasteiger partial charge in [-0.15, -0.1) is 6.58 Å². The average Bonchev–Trinajstić information content (AvgIpc) is 2.76. The molecule has 0 saturated heterocycles. The third-order valence-corrected chi connectivity index (χ3v) is 2.50. The molecule has 0 saturated carbocycles. The second-order valence-corrected chi connectivity index (χ2v) is 3.67. The highest BCUT2D eigenvalue weighted by atomic mass is 16.5. The van der Waals surface area contributed by atoms with Gasteiger partial charge in [-0.1, -0.05) is 24.3 Å². The first-order valence-corrected chi connectivity index (χ1v) is 5.48. The van der Waals surface area contributed by atoms with Gasteiger partial charge in [-0.2, -0.15) is 0 Å². The minimum absolute atomic E-state index is 0.198. The molecule has 3 N–H and O–H groups in total. The molecule has 0 atom stereocenters. The number of benzene rings is 1. The second kappa shape index (κ2) is 5.48. The van der Waals surface area contributed by atoms with Crippen LogP contribution < -0.4 is 11.3 Å². The third-order valence-electron chi connectivity index (χ3n) is 2.50. The third kappa shape index (κ3) is 2.27. The number of para-hydroxylation sites is 1. The fraction of sp³-hybridized carbons (Fsp3) is 0.154. The van der Waals surface area contributed by atoms with Crippen molar-refractivity contribution in [3.05, 3.63) is 48.2 Å². The highest BCUT2D eigenvalue weighted by molar-refractivity contribution is 6.06. The van der Waals surface area contributed by atoms with E-state index in [0.29, 0.717) is 23.5 Å². The lowest BCUT2D eigenvalue weighted by atomic mass is 10.1. The van der Waals surface area contributed by atoms with E-state index in [9.17, 15) is 4.79 Å². The van der Waals surface area contributed by atoms with Crippen molar-refractivity contribution in [2.45, 2.75) is 6.61 Å². The molecule has 18 heavy (non-hydrogen) atoms. The molecule has 1 aromatic carbocycles. The van der Waals surface area contributed by atoms with Crippen LogP contribution in [0.25, 0.3) is 11.0 Å². The standard InChI is InChI=1S/C13H14N2O3/c1-2-7-17-8-11-12(13(16)15-14)9-5-3-4-6-10(9)18-11/h2-6H,1,7-8,14H2,(H,15,16). The van der Waals surface area contributed by atoms with E-state index in [4.69, 9.17) is 15.0 Å². The van der Waals surface area contributed by atoms with Gasteiger partial charge in [0.25, 0.3) is 5.91 Å². The van der Waals surface area contributed by atoms with Gasteiger partial charge in [-0.25, -0.2) is 5.84 Å². The Hall–Kier alpha value is -2.11. The largest absolute Gasteiger partial charge is 0.458 e. The minimum atomic E-state index is -0.392. The van der Waals surface area contributed by atoms with Gasteiger partial charge in [-0.3, -0.25) is 10.2 Å². The van der Waals surface area contributed by atoms with Crippen LogP contribution >= 0.6 is 0 Å². The first-order chi connectivity index (χ1) is 8.77. The molecule has 0 fully saturated rings. The van der Waals surface area contributed by atoms with E-state index in [-0.39, 0.29) is 6.61 Å². The van der Waals surface area contributed by atoms with Crippen LogP contribution in [0.2, 0.25) is 0 Å². The van der Waals surface area contributed by atoms with Gasteiger partial charge >= 0.3 is 0 Å². The van der Waals surface area contributed by atoms with Crippen LogP contribution in [0.4, 0.5) is 0 Å². The number of hydrogen-bond donors (Lipinski definition) is 2. The maximum atomic E-state index is 11.8. The molecule has 5 heteroatoms. The van der Waals surface area contributed by atoms with Gasteiger partial charge < -0.3 is 9.15 Å². The predicted octanol–water partition coefficient (Wildman–Crippen LogP) is 1.74. The summed E-state index contributed by atoms with van der Waals surface area (Å²) in [5.41, 5.74) is 3.16. The summed E-state index contributed by atoms with van der Waals surface area (Å²) in [5.74, 6) is 5.25. The summed E-state index contributed by atoms with van der Waals surface area (Å²) in [7, 11) is 0. The number of furan rings is 1. The summed E-state index contributed by atoms with van der Waals surface area (Å²) in [6.45, 7) is 4.14. The van der Waals surface area contributed by atoms with E-state index in [1.807, 2.05) is 12.1 Å². The van der Waals surface area contributed by atoms with Gasteiger partial charge in [-0.05, 0) is 6.07 Å². The van der Waals surface area contributed by atoms with E-state index in [1.165, 1.54) is 0 Å². The molecule has 0 spiro atoms. The number of carbonyl (C=O) groups is 1. The van der Waals surface area contributed by atoms with Crippen molar-refractivity contribution < 1.29 is 13.9 Å². The van der Waals surface area contributed by atoms with Crippen molar-refractivity contribution in [2.24, 2.45) is 5.84 Å². The number of rotatable bonds is 5. The van der Waals surface area contributed by atoms with E-state index < -0.39 is 5.91 Å². The molecule has 0 aliphatic carbocycles. The molecular formula is C13H14N2O3. The van der Waals surface area contributed by atoms with Crippen molar-refractivity contribution in [1.82, 2.24) is 5.43 Å². The Bertz CT molecular complexity index is 575. The molecule has 1 aromatic heterocycles. The Morgan fingerprint density at radius 2 is 2.28 bits per heavy atom. The fourth-order valence-electron chi connectivity index (χ4n) is 1.75. The number of amides is 1. The van der Waals surface area contributed by atoms with E-state index >= 15 is 0 Å². The van der Waals surface area contributed by atoms with E-state index in [2.05, 4.69) is 12.0 Å². The number of ether oxygens (including phenoxy) is 1. The lowest BCUT2D eigenvalue weighted by Gasteiger charge is -2.01. The zero-order chi connectivity index (χ0) is 13.0. The molecule has 0 aliphatic heterocycles. The van der Waals surface area contributed by atoms with Crippen molar-refractivity contribution in [1.29, 1.82) is 0 Å². The number of nitrogens with two attached hydrogens (primary N) is 1. The molecule has 1 amide bonds. The molecule has 0 bridgehead atoms.